The molecule has 7 nitrogen and oxygen atoms in total. The van der Waals surface area contributed by atoms with Crippen LogP contribution in [0.3, 0.4) is 0 Å². The maximum atomic E-state index is 13.5. The van der Waals surface area contributed by atoms with Gasteiger partial charge in [0, 0.05) is 19.2 Å². The van der Waals surface area contributed by atoms with Crippen molar-refractivity contribution in [3.8, 4) is 0 Å². The van der Waals surface area contributed by atoms with Gasteiger partial charge in [0.15, 0.2) is 6.61 Å². The quantitative estimate of drug-likeness (QED) is 0.788. The molecule has 1 aromatic carbocycles. The Bertz CT molecular complexity index is 748. The molecule has 1 aliphatic heterocycles. The van der Waals surface area contributed by atoms with Gasteiger partial charge in [-0.1, -0.05) is 0 Å². The number of hydrogen-bond acceptors (Lipinski definition) is 5. The minimum absolute atomic E-state index is 0.141. The number of halogens is 2. The molecule has 1 atom stereocenters. The molecule has 0 bridgehead atoms. The highest BCUT2D eigenvalue weighted by Gasteiger charge is 2.32. The molecule has 0 aliphatic carbocycles. The van der Waals surface area contributed by atoms with Crippen LogP contribution < -0.4 is 5.32 Å². The first-order valence-electron chi connectivity index (χ1n) is 8.94. The highest BCUT2D eigenvalue weighted by atomic mass is 19.1. The summed E-state index contributed by atoms with van der Waals surface area (Å²) in [5.41, 5.74) is -0.852. The van der Waals surface area contributed by atoms with Crippen molar-refractivity contribution in [2.45, 2.75) is 39.2 Å². The molecule has 1 heterocycles. The van der Waals surface area contributed by atoms with E-state index >= 15 is 0 Å². The molecule has 1 N–H and O–H groups in total. The molecule has 2 amide bonds. The van der Waals surface area contributed by atoms with Crippen molar-refractivity contribution >= 4 is 23.7 Å². The first-order valence-corrected chi connectivity index (χ1v) is 8.94. The fourth-order valence-electron chi connectivity index (χ4n) is 2.69. The van der Waals surface area contributed by atoms with Gasteiger partial charge in [-0.2, -0.15) is 0 Å². The molecule has 9 heteroatoms. The zero-order chi connectivity index (χ0) is 20.9. The molecule has 1 saturated heterocycles. The number of benzene rings is 1. The van der Waals surface area contributed by atoms with Crippen molar-refractivity contribution in [3.05, 3.63) is 29.8 Å². The molecule has 1 aliphatic rings. The van der Waals surface area contributed by atoms with Crippen LogP contribution in [-0.4, -0.2) is 48.2 Å². The zero-order valence-corrected chi connectivity index (χ0v) is 16.1. The molecule has 0 saturated carbocycles. The van der Waals surface area contributed by atoms with Gasteiger partial charge in [0.1, 0.15) is 17.2 Å². The van der Waals surface area contributed by atoms with Crippen LogP contribution in [0.4, 0.5) is 19.3 Å². The first kappa shape index (κ1) is 21.6. The van der Waals surface area contributed by atoms with Crippen LogP contribution in [0.15, 0.2) is 18.2 Å². The van der Waals surface area contributed by atoms with Gasteiger partial charge in [0.2, 0.25) is 0 Å². The first-order chi connectivity index (χ1) is 13.0. The third-order valence-corrected chi connectivity index (χ3v) is 3.96. The smallest absolute Gasteiger partial charge is 0.410 e. The Hall–Kier alpha value is -2.71. The molecule has 154 valence electrons. The average Bonchev–Trinajstić information content (AvgIpc) is 2.61. The summed E-state index contributed by atoms with van der Waals surface area (Å²) in [5.74, 6) is -3.65. The predicted molar refractivity (Wildman–Crippen MR) is 96.5 cm³/mol. The number of piperidine rings is 1. The van der Waals surface area contributed by atoms with Gasteiger partial charge < -0.3 is 19.7 Å². The summed E-state index contributed by atoms with van der Waals surface area (Å²) in [5, 5.41) is 2.21. The lowest BCUT2D eigenvalue weighted by atomic mass is 9.98. The van der Waals surface area contributed by atoms with E-state index in [0.717, 1.165) is 12.1 Å². The summed E-state index contributed by atoms with van der Waals surface area (Å²) in [6, 6.07) is 2.71. The SMILES string of the molecule is CC(C)(C)OC(=O)N1CCCC(C(=O)OCC(=O)Nc2ccc(F)cc2F)C1. The number of carbonyl (C=O) groups excluding carboxylic acids is 3. The lowest BCUT2D eigenvalue weighted by Crippen LogP contribution is -2.45. The number of rotatable bonds is 4. The summed E-state index contributed by atoms with van der Waals surface area (Å²) in [7, 11) is 0. The summed E-state index contributed by atoms with van der Waals surface area (Å²) >= 11 is 0. The number of ether oxygens (including phenoxy) is 2. The van der Waals surface area contributed by atoms with Gasteiger partial charge in [0.25, 0.3) is 5.91 Å². The molecular formula is C19H24F2N2O5. The molecule has 1 fully saturated rings. The van der Waals surface area contributed by atoms with Gasteiger partial charge in [-0.05, 0) is 45.7 Å². The van der Waals surface area contributed by atoms with E-state index in [1.807, 2.05) is 0 Å². The predicted octanol–water partition coefficient (Wildman–Crippen LogP) is 3.09. The molecule has 1 aromatic rings. The molecule has 0 aromatic heterocycles. The van der Waals surface area contributed by atoms with Crippen LogP contribution in [0.25, 0.3) is 0 Å². The number of anilines is 1. The Morgan fingerprint density at radius 2 is 1.96 bits per heavy atom. The van der Waals surface area contributed by atoms with Crippen molar-refractivity contribution in [3.63, 3.8) is 0 Å². The Labute approximate surface area is 162 Å². The summed E-state index contributed by atoms with van der Waals surface area (Å²) < 4.78 is 36.7. The lowest BCUT2D eigenvalue weighted by Gasteiger charge is -2.33. The Balaban J connectivity index is 1.83. The third-order valence-electron chi connectivity index (χ3n) is 3.96. The van der Waals surface area contributed by atoms with Crippen LogP contribution in [0, 0.1) is 17.6 Å². The topological polar surface area (TPSA) is 84.9 Å². The van der Waals surface area contributed by atoms with E-state index in [4.69, 9.17) is 9.47 Å². The number of likely N-dealkylation sites (tertiary alicyclic amines) is 1. The summed E-state index contributed by atoms with van der Waals surface area (Å²) in [6.45, 7) is 5.26. The van der Waals surface area contributed by atoms with Crippen molar-refractivity contribution in [1.29, 1.82) is 0 Å². The second-order valence-electron chi connectivity index (χ2n) is 7.55. The maximum Gasteiger partial charge on any atom is 0.410 e. The van der Waals surface area contributed by atoms with E-state index in [1.165, 1.54) is 4.90 Å². The molecular weight excluding hydrogens is 374 g/mol. The van der Waals surface area contributed by atoms with E-state index in [0.29, 0.717) is 25.5 Å². The Morgan fingerprint density at radius 3 is 2.61 bits per heavy atom. The molecule has 1 unspecified atom stereocenters. The molecule has 2 rings (SSSR count). The van der Waals surface area contributed by atoms with Crippen LogP contribution >= 0.6 is 0 Å². The molecule has 0 radical (unpaired) electrons. The minimum atomic E-state index is -0.931. The zero-order valence-electron chi connectivity index (χ0n) is 16.1. The van der Waals surface area contributed by atoms with Crippen LogP contribution in [0.2, 0.25) is 0 Å². The van der Waals surface area contributed by atoms with E-state index in [-0.39, 0.29) is 12.2 Å². The van der Waals surface area contributed by atoms with Gasteiger partial charge in [-0.3, -0.25) is 9.59 Å². The van der Waals surface area contributed by atoms with Gasteiger partial charge >= 0.3 is 12.1 Å². The summed E-state index contributed by atoms with van der Waals surface area (Å²) in [6.07, 6.45) is 0.618. The van der Waals surface area contributed by atoms with Crippen molar-refractivity contribution in [2.75, 3.05) is 25.0 Å². The maximum absolute atomic E-state index is 13.5. The number of nitrogens with zero attached hydrogens (tertiary/aromatic N) is 1. The minimum Gasteiger partial charge on any atom is -0.455 e. The average molecular weight is 398 g/mol. The van der Waals surface area contributed by atoms with Gasteiger partial charge in [-0.15, -0.1) is 0 Å². The summed E-state index contributed by atoms with van der Waals surface area (Å²) in [4.78, 5) is 37.6. The van der Waals surface area contributed by atoms with Gasteiger partial charge in [0.05, 0.1) is 11.6 Å². The monoisotopic (exact) mass is 398 g/mol. The van der Waals surface area contributed by atoms with Crippen molar-refractivity contribution < 1.29 is 32.6 Å². The highest BCUT2D eigenvalue weighted by molar-refractivity contribution is 5.93. The van der Waals surface area contributed by atoms with Crippen LogP contribution in [0.5, 0.6) is 0 Å². The fraction of sp³-hybridized carbons (Fsp3) is 0.526. The van der Waals surface area contributed by atoms with E-state index in [2.05, 4.69) is 5.32 Å². The second-order valence-corrected chi connectivity index (χ2v) is 7.55. The van der Waals surface area contributed by atoms with E-state index in [1.54, 1.807) is 20.8 Å². The van der Waals surface area contributed by atoms with E-state index < -0.39 is 47.7 Å². The van der Waals surface area contributed by atoms with Crippen molar-refractivity contribution in [1.82, 2.24) is 4.90 Å². The standard InChI is InChI=1S/C19H24F2N2O5/c1-19(2,3)28-18(26)23-8-4-5-12(10-23)17(25)27-11-16(24)22-15-7-6-13(20)9-14(15)21/h6-7,9,12H,4-5,8,10-11H2,1-3H3,(H,22,24). The van der Waals surface area contributed by atoms with Crippen molar-refractivity contribution in [2.24, 2.45) is 5.92 Å². The third kappa shape index (κ3) is 6.47. The lowest BCUT2D eigenvalue weighted by molar-refractivity contribution is -0.153. The second kappa shape index (κ2) is 8.99. The van der Waals surface area contributed by atoms with Crippen LogP contribution in [-0.2, 0) is 19.1 Å². The van der Waals surface area contributed by atoms with E-state index in [9.17, 15) is 23.2 Å². The highest BCUT2D eigenvalue weighted by Crippen LogP contribution is 2.20. The molecule has 28 heavy (non-hydrogen) atoms. The van der Waals surface area contributed by atoms with Gasteiger partial charge in [-0.25, -0.2) is 13.6 Å². The number of nitrogens with one attached hydrogen (secondary N) is 1. The molecule has 0 spiro atoms. The number of hydrogen-bond donors (Lipinski definition) is 1. The van der Waals surface area contributed by atoms with Crippen LogP contribution in [0.1, 0.15) is 33.6 Å². The number of esters is 1. The Morgan fingerprint density at radius 1 is 1.25 bits per heavy atom. The largest absolute Gasteiger partial charge is 0.455 e. The Kier molecular flexibility index (Phi) is 6.93. The number of amides is 2. The normalized spacial score (nSPS) is 17.0. The fourth-order valence-corrected chi connectivity index (χ4v) is 2.69. The number of carbonyl (C=O) groups is 3.